The predicted molar refractivity (Wildman–Crippen MR) is 99.3 cm³/mol. The summed E-state index contributed by atoms with van der Waals surface area (Å²) in [4.78, 5) is 16.0. The first kappa shape index (κ1) is 17.6. The van der Waals surface area contributed by atoms with Crippen molar-refractivity contribution in [3.63, 3.8) is 0 Å². The number of likely N-dealkylation sites (N-methyl/N-ethyl adjacent to an activating group) is 1. The first-order valence-electron chi connectivity index (χ1n) is 7.83. The van der Waals surface area contributed by atoms with E-state index in [2.05, 4.69) is 17.0 Å². The first-order chi connectivity index (χ1) is 11.5. The Hall–Kier alpha value is -2.75. The molecule has 0 radical (unpaired) electrons. The minimum Gasteiger partial charge on any atom is -0.496 e. The van der Waals surface area contributed by atoms with Crippen molar-refractivity contribution in [2.75, 3.05) is 33.2 Å². The normalized spacial score (nSPS) is 10.7. The summed E-state index contributed by atoms with van der Waals surface area (Å²) < 4.78 is 5.28. The molecular weight excluding hydrogens is 300 g/mol. The smallest absolute Gasteiger partial charge is 0.246 e. The first-order valence-corrected chi connectivity index (χ1v) is 7.83. The lowest BCUT2D eigenvalue weighted by molar-refractivity contribution is -0.125. The summed E-state index contributed by atoms with van der Waals surface area (Å²) in [6, 6.07) is 15.8. The Balaban J connectivity index is 2.00. The van der Waals surface area contributed by atoms with Crippen LogP contribution >= 0.6 is 0 Å². The topological polar surface area (TPSA) is 32.8 Å². The Bertz CT molecular complexity index is 706. The zero-order valence-electron chi connectivity index (χ0n) is 14.7. The second-order valence-corrected chi connectivity index (χ2v) is 5.83. The molecule has 0 heterocycles. The van der Waals surface area contributed by atoms with Gasteiger partial charge in [0.2, 0.25) is 5.91 Å². The van der Waals surface area contributed by atoms with Crippen LogP contribution in [0, 0.1) is 0 Å². The molecule has 126 valence electrons. The third-order valence-electron chi connectivity index (χ3n) is 3.79. The molecule has 0 saturated heterocycles. The largest absolute Gasteiger partial charge is 0.496 e. The van der Waals surface area contributed by atoms with Crippen LogP contribution in [0.25, 0.3) is 6.08 Å². The van der Waals surface area contributed by atoms with Gasteiger partial charge in [-0.3, -0.25) is 4.79 Å². The van der Waals surface area contributed by atoms with Crippen LogP contribution in [0.2, 0.25) is 0 Å². The van der Waals surface area contributed by atoms with E-state index < -0.39 is 0 Å². The van der Waals surface area contributed by atoms with Gasteiger partial charge in [-0.25, -0.2) is 0 Å². The van der Waals surface area contributed by atoms with Crippen molar-refractivity contribution in [3.8, 4) is 5.75 Å². The van der Waals surface area contributed by atoms with Gasteiger partial charge >= 0.3 is 0 Å². The molecule has 0 bridgehead atoms. The third kappa shape index (κ3) is 4.62. The highest BCUT2D eigenvalue weighted by molar-refractivity contribution is 5.92. The number of hydrogen-bond donors (Lipinski definition) is 0. The van der Waals surface area contributed by atoms with E-state index in [1.54, 1.807) is 31.2 Å². The van der Waals surface area contributed by atoms with Gasteiger partial charge in [0.05, 0.1) is 7.11 Å². The van der Waals surface area contributed by atoms with Gasteiger partial charge in [-0.1, -0.05) is 30.3 Å². The number of anilines is 1. The van der Waals surface area contributed by atoms with Crippen LogP contribution in [0.15, 0.2) is 54.6 Å². The Kier molecular flexibility index (Phi) is 6.01. The molecule has 0 unspecified atom stereocenters. The number of amides is 1. The average Bonchev–Trinajstić information content (AvgIpc) is 2.60. The van der Waals surface area contributed by atoms with Gasteiger partial charge in [0.15, 0.2) is 0 Å². The molecule has 0 atom stereocenters. The van der Waals surface area contributed by atoms with E-state index in [1.165, 1.54) is 0 Å². The maximum atomic E-state index is 12.3. The van der Waals surface area contributed by atoms with Crippen molar-refractivity contribution in [2.24, 2.45) is 0 Å². The molecule has 24 heavy (non-hydrogen) atoms. The zero-order valence-corrected chi connectivity index (χ0v) is 14.7. The fourth-order valence-corrected chi connectivity index (χ4v) is 2.34. The number of nitrogens with zero attached hydrogens (tertiary/aromatic N) is 2. The molecule has 4 nitrogen and oxygen atoms in total. The lowest BCUT2D eigenvalue weighted by Gasteiger charge is -2.17. The van der Waals surface area contributed by atoms with Crippen molar-refractivity contribution in [1.82, 2.24) is 4.90 Å². The number of carbonyl (C=O) groups excluding carboxylic acids is 1. The minimum absolute atomic E-state index is 0.0439. The molecule has 0 saturated carbocycles. The molecule has 0 aliphatic carbocycles. The number of ether oxygens (including phenoxy) is 1. The Morgan fingerprint density at radius 3 is 2.33 bits per heavy atom. The molecule has 0 N–H and O–H groups in total. The van der Waals surface area contributed by atoms with E-state index in [-0.39, 0.29) is 5.91 Å². The van der Waals surface area contributed by atoms with Crippen molar-refractivity contribution in [2.45, 2.75) is 6.54 Å². The molecule has 0 spiro atoms. The van der Waals surface area contributed by atoms with Gasteiger partial charge in [-0.15, -0.1) is 0 Å². The average molecular weight is 324 g/mol. The van der Waals surface area contributed by atoms with E-state index >= 15 is 0 Å². The molecule has 4 heteroatoms. The molecule has 0 aliphatic rings. The summed E-state index contributed by atoms with van der Waals surface area (Å²) in [7, 11) is 7.44. The lowest BCUT2D eigenvalue weighted by atomic mass is 10.1. The van der Waals surface area contributed by atoms with Crippen LogP contribution in [0.5, 0.6) is 5.75 Å². The van der Waals surface area contributed by atoms with Crippen molar-refractivity contribution < 1.29 is 9.53 Å². The number of benzene rings is 2. The summed E-state index contributed by atoms with van der Waals surface area (Å²) in [6.07, 6.45) is 3.36. The molecule has 0 aromatic heterocycles. The minimum atomic E-state index is -0.0439. The van der Waals surface area contributed by atoms with Gasteiger partial charge in [0.1, 0.15) is 5.75 Å². The number of carbonyl (C=O) groups is 1. The predicted octanol–water partition coefficient (Wildman–Crippen LogP) is 3.43. The van der Waals surface area contributed by atoms with Crippen LogP contribution in [0.1, 0.15) is 11.1 Å². The van der Waals surface area contributed by atoms with E-state index in [0.717, 1.165) is 22.6 Å². The van der Waals surface area contributed by atoms with E-state index in [1.807, 2.05) is 50.5 Å². The van der Waals surface area contributed by atoms with Crippen molar-refractivity contribution in [1.29, 1.82) is 0 Å². The van der Waals surface area contributed by atoms with Crippen molar-refractivity contribution in [3.05, 3.63) is 65.7 Å². The summed E-state index contributed by atoms with van der Waals surface area (Å²) in [5.74, 6) is 0.709. The van der Waals surface area contributed by atoms with Gasteiger partial charge in [0.25, 0.3) is 0 Å². The number of methoxy groups -OCH3 is 1. The highest BCUT2D eigenvalue weighted by atomic mass is 16.5. The Labute approximate surface area is 144 Å². The molecule has 0 fully saturated rings. The molecule has 2 rings (SSSR count). The summed E-state index contributed by atoms with van der Waals surface area (Å²) in [5, 5.41) is 0. The van der Waals surface area contributed by atoms with E-state index in [9.17, 15) is 4.79 Å². The number of hydrogen-bond acceptors (Lipinski definition) is 3. The van der Waals surface area contributed by atoms with Crippen LogP contribution < -0.4 is 9.64 Å². The third-order valence-corrected chi connectivity index (χ3v) is 3.79. The van der Waals surface area contributed by atoms with Gasteiger partial charge in [0, 0.05) is 45.0 Å². The van der Waals surface area contributed by atoms with Crippen LogP contribution in [-0.4, -0.2) is 39.1 Å². The monoisotopic (exact) mass is 324 g/mol. The second-order valence-electron chi connectivity index (χ2n) is 5.83. The van der Waals surface area contributed by atoms with Crippen molar-refractivity contribution >= 4 is 17.7 Å². The molecule has 0 aliphatic heterocycles. The fraction of sp³-hybridized carbons (Fsp3) is 0.250. The van der Waals surface area contributed by atoms with Gasteiger partial charge in [-0.2, -0.15) is 0 Å². The maximum Gasteiger partial charge on any atom is 0.246 e. The fourth-order valence-electron chi connectivity index (χ4n) is 2.34. The van der Waals surface area contributed by atoms with Crippen LogP contribution in [0.3, 0.4) is 0 Å². The quantitative estimate of drug-likeness (QED) is 0.763. The SMILES string of the molecule is COc1ccccc1/C=C/C(=O)N(C)Cc1ccc(N(C)C)cc1. The number of para-hydroxylation sites is 1. The Morgan fingerprint density at radius 2 is 1.71 bits per heavy atom. The molecule has 1 amide bonds. The highest BCUT2D eigenvalue weighted by Crippen LogP contribution is 2.19. The summed E-state index contributed by atoms with van der Waals surface area (Å²) >= 11 is 0. The van der Waals surface area contributed by atoms with Crippen LogP contribution in [-0.2, 0) is 11.3 Å². The van der Waals surface area contributed by atoms with E-state index in [4.69, 9.17) is 4.74 Å². The highest BCUT2D eigenvalue weighted by Gasteiger charge is 2.07. The van der Waals surface area contributed by atoms with Crippen LogP contribution in [0.4, 0.5) is 5.69 Å². The van der Waals surface area contributed by atoms with E-state index in [0.29, 0.717) is 6.54 Å². The standard InChI is InChI=1S/C20H24N2O2/c1-21(2)18-12-9-16(10-13-18)15-22(3)20(23)14-11-17-7-5-6-8-19(17)24-4/h5-14H,15H2,1-4H3/b14-11+. The maximum absolute atomic E-state index is 12.3. The molecule has 2 aromatic carbocycles. The molecular formula is C20H24N2O2. The Morgan fingerprint density at radius 1 is 1.04 bits per heavy atom. The van der Waals surface area contributed by atoms with Gasteiger partial charge in [-0.05, 0) is 29.8 Å². The number of rotatable bonds is 6. The summed E-state index contributed by atoms with van der Waals surface area (Å²) in [5.41, 5.74) is 3.13. The summed E-state index contributed by atoms with van der Waals surface area (Å²) in [6.45, 7) is 0.572. The lowest BCUT2D eigenvalue weighted by Crippen LogP contribution is -2.24. The van der Waals surface area contributed by atoms with Gasteiger partial charge < -0.3 is 14.5 Å². The zero-order chi connectivity index (χ0) is 17.5. The molecule has 2 aromatic rings. The second kappa shape index (κ2) is 8.20.